The van der Waals surface area contributed by atoms with Crippen molar-refractivity contribution in [3.63, 3.8) is 0 Å². The van der Waals surface area contributed by atoms with E-state index in [1.165, 1.54) is 20.3 Å². The number of morpholine rings is 1. The third kappa shape index (κ3) is 3.45. The van der Waals surface area contributed by atoms with Crippen LogP contribution in [0, 0.1) is 5.92 Å². The molecule has 0 bridgehead atoms. The molecule has 2 rings (SSSR count). The summed E-state index contributed by atoms with van der Waals surface area (Å²) in [6.07, 6.45) is 1.35. The SMILES string of the molecule is CN1C(=O)C(C=NCCN2CCOCC2)C(=O)N(C)C1=O. The molecule has 0 aromatic carbocycles. The summed E-state index contributed by atoms with van der Waals surface area (Å²) in [5, 5.41) is 0. The Morgan fingerprint density at radius 3 is 2.29 bits per heavy atom. The Labute approximate surface area is 123 Å². The van der Waals surface area contributed by atoms with Gasteiger partial charge in [0.2, 0.25) is 11.8 Å². The maximum atomic E-state index is 11.9. The number of ether oxygens (including phenoxy) is 1. The first-order chi connectivity index (χ1) is 10.0. The van der Waals surface area contributed by atoms with Gasteiger partial charge in [-0.05, 0) is 0 Å². The van der Waals surface area contributed by atoms with Gasteiger partial charge in [0.25, 0.3) is 0 Å². The van der Waals surface area contributed by atoms with E-state index in [9.17, 15) is 14.4 Å². The average Bonchev–Trinajstić information content (AvgIpc) is 2.51. The molecule has 8 heteroatoms. The highest BCUT2D eigenvalue weighted by Crippen LogP contribution is 2.13. The van der Waals surface area contributed by atoms with Crippen molar-refractivity contribution in [2.24, 2.45) is 10.9 Å². The minimum absolute atomic E-state index is 0.512. The molecule has 0 radical (unpaired) electrons. The highest BCUT2D eigenvalue weighted by molar-refractivity contribution is 6.23. The van der Waals surface area contributed by atoms with Crippen LogP contribution in [0.15, 0.2) is 4.99 Å². The van der Waals surface area contributed by atoms with E-state index in [2.05, 4.69) is 9.89 Å². The van der Waals surface area contributed by atoms with Gasteiger partial charge < -0.3 is 4.74 Å². The molecular formula is C13H20N4O4. The summed E-state index contributed by atoms with van der Waals surface area (Å²) in [5.74, 6) is -2.06. The smallest absolute Gasteiger partial charge is 0.332 e. The lowest BCUT2D eigenvalue weighted by Crippen LogP contribution is -2.57. The molecule has 4 amide bonds. The van der Waals surface area contributed by atoms with Gasteiger partial charge in [-0.3, -0.25) is 29.3 Å². The van der Waals surface area contributed by atoms with E-state index in [4.69, 9.17) is 4.74 Å². The molecule has 2 aliphatic rings. The number of aliphatic imine (C=N–C) groups is 1. The summed E-state index contributed by atoms with van der Waals surface area (Å²) in [4.78, 5) is 43.7. The first kappa shape index (κ1) is 15.6. The molecule has 0 N–H and O–H groups in total. The van der Waals surface area contributed by atoms with Crippen LogP contribution >= 0.6 is 0 Å². The molecule has 0 unspecified atom stereocenters. The minimum atomic E-state index is -0.998. The number of amides is 4. The molecule has 2 fully saturated rings. The normalized spacial score (nSPS) is 22.7. The van der Waals surface area contributed by atoms with Crippen LogP contribution in [0.1, 0.15) is 0 Å². The predicted molar refractivity (Wildman–Crippen MR) is 75.0 cm³/mol. The van der Waals surface area contributed by atoms with Crippen LogP contribution < -0.4 is 0 Å². The number of nitrogens with zero attached hydrogens (tertiary/aromatic N) is 4. The molecule has 2 aliphatic heterocycles. The molecule has 0 spiro atoms. The van der Waals surface area contributed by atoms with Crippen LogP contribution in [0.2, 0.25) is 0 Å². The lowest BCUT2D eigenvalue weighted by molar-refractivity contribution is -0.144. The zero-order valence-corrected chi connectivity index (χ0v) is 12.3. The van der Waals surface area contributed by atoms with Gasteiger partial charge in [0, 0.05) is 39.9 Å². The molecule has 0 aliphatic carbocycles. The largest absolute Gasteiger partial charge is 0.379 e. The van der Waals surface area contributed by atoms with E-state index in [0.717, 1.165) is 42.6 Å². The van der Waals surface area contributed by atoms with Gasteiger partial charge in [-0.2, -0.15) is 0 Å². The topological polar surface area (TPSA) is 82.5 Å². The van der Waals surface area contributed by atoms with Crippen molar-refractivity contribution in [2.75, 3.05) is 53.5 Å². The molecular weight excluding hydrogens is 276 g/mol. The summed E-state index contributed by atoms with van der Waals surface area (Å²) in [7, 11) is 2.73. The quantitative estimate of drug-likeness (QED) is 0.494. The van der Waals surface area contributed by atoms with Gasteiger partial charge in [0.1, 0.15) is 0 Å². The summed E-state index contributed by atoms with van der Waals surface area (Å²) >= 11 is 0. The van der Waals surface area contributed by atoms with E-state index in [0.29, 0.717) is 6.54 Å². The third-order valence-electron chi connectivity index (χ3n) is 3.67. The number of barbiturate groups is 1. The van der Waals surface area contributed by atoms with Crippen molar-refractivity contribution >= 4 is 24.1 Å². The molecule has 2 saturated heterocycles. The van der Waals surface area contributed by atoms with E-state index in [-0.39, 0.29) is 0 Å². The Morgan fingerprint density at radius 2 is 1.71 bits per heavy atom. The van der Waals surface area contributed by atoms with Crippen LogP contribution in [0.4, 0.5) is 4.79 Å². The minimum Gasteiger partial charge on any atom is -0.379 e. The van der Waals surface area contributed by atoms with E-state index in [1.807, 2.05) is 0 Å². The number of hydrogen-bond acceptors (Lipinski definition) is 6. The van der Waals surface area contributed by atoms with Gasteiger partial charge in [-0.1, -0.05) is 0 Å². The fraction of sp³-hybridized carbons (Fsp3) is 0.692. The predicted octanol–water partition coefficient (Wildman–Crippen LogP) is -0.944. The monoisotopic (exact) mass is 296 g/mol. The first-order valence-electron chi connectivity index (χ1n) is 6.91. The molecule has 0 saturated carbocycles. The van der Waals surface area contributed by atoms with Crippen molar-refractivity contribution in [3.8, 4) is 0 Å². The van der Waals surface area contributed by atoms with Gasteiger partial charge in [-0.25, -0.2) is 4.79 Å². The third-order valence-corrected chi connectivity index (χ3v) is 3.67. The van der Waals surface area contributed by atoms with Crippen LogP contribution in [0.3, 0.4) is 0 Å². The number of hydrogen-bond donors (Lipinski definition) is 0. The Kier molecular flexibility index (Phi) is 5.03. The van der Waals surface area contributed by atoms with Gasteiger partial charge in [0.15, 0.2) is 5.92 Å². The van der Waals surface area contributed by atoms with Crippen LogP contribution in [0.25, 0.3) is 0 Å². The van der Waals surface area contributed by atoms with Crippen molar-refractivity contribution in [3.05, 3.63) is 0 Å². The summed E-state index contributed by atoms with van der Waals surface area (Å²) in [6.45, 7) is 4.47. The second kappa shape index (κ2) is 6.77. The fourth-order valence-electron chi connectivity index (χ4n) is 2.27. The van der Waals surface area contributed by atoms with E-state index < -0.39 is 23.8 Å². The maximum absolute atomic E-state index is 11.9. The Hall–Kier alpha value is -1.80. The number of carbonyl (C=O) groups is 3. The standard InChI is InChI=1S/C13H20N4O4/c1-15-11(18)10(12(19)16(2)13(15)20)9-14-3-4-17-5-7-21-8-6-17/h9-10H,3-8H2,1-2H3. The Bertz CT molecular complexity index is 435. The van der Waals surface area contributed by atoms with Crippen molar-refractivity contribution in [1.29, 1.82) is 0 Å². The average molecular weight is 296 g/mol. The molecule has 116 valence electrons. The van der Waals surface area contributed by atoms with Crippen molar-refractivity contribution in [2.45, 2.75) is 0 Å². The fourth-order valence-corrected chi connectivity index (χ4v) is 2.27. The molecule has 21 heavy (non-hydrogen) atoms. The van der Waals surface area contributed by atoms with E-state index in [1.54, 1.807) is 0 Å². The van der Waals surface area contributed by atoms with Crippen molar-refractivity contribution in [1.82, 2.24) is 14.7 Å². The van der Waals surface area contributed by atoms with Gasteiger partial charge in [0.05, 0.1) is 19.8 Å². The lowest BCUT2D eigenvalue weighted by Gasteiger charge is -2.31. The molecule has 0 aromatic heterocycles. The summed E-state index contributed by atoms with van der Waals surface area (Å²) < 4.78 is 5.25. The highest BCUT2D eigenvalue weighted by Gasteiger charge is 2.41. The van der Waals surface area contributed by atoms with Crippen molar-refractivity contribution < 1.29 is 19.1 Å². The number of carbonyl (C=O) groups excluding carboxylic acids is 3. The highest BCUT2D eigenvalue weighted by atomic mass is 16.5. The second-order valence-electron chi connectivity index (χ2n) is 5.06. The van der Waals surface area contributed by atoms with Crippen LogP contribution in [0.5, 0.6) is 0 Å². The van der Waals surface area contributed by atoms with E-state index >= 15 is 0 Å². The number of rotatable bonds is 4. The maximum Gasteiger partial charge on any atom is 0.332 e. The molecule has 0 aromatic rings. The second-order valence-corrected chi connectivity index (χ2v) is 5.06. The molecule has 2 heterocycles. The van der Waals surface area contributed by atoms with Gasteiger partial charge in [-0.15, -0.1) is 0 Å². The zero-order valence-electron chi connectivity index (χ0n) is 12.3. The van der Waals surface area contributed by atoms with Crippen LogP contribution in [-0.4, -0.2) is 92.2 Å². The number of imide groups is 2. The number of urea groups is 1. The van der Waals surface area contributed by atoms with Crippen LogP contribution in [-0.2, 0) is 14.3 Å². The lowest BCUT2D eigenvalue weighted by atomic mass is 10.1. The zero-order chi connectivity index (χ0) is 15.4. The molecule has 0 atom stereocenters. The van der Waals surface area contributed by atoms with Gasteiger partial charge >= 0.3 is 6.03 Å². The molecule has 8 nitrogen and oxygen atoms in total. The summed E-state index contributed by atoms with van der Waals surface area (Å²) in [5.41, 5.74) is 0. The Balaban J connectivity index is 1.88. The Morgan fingerprint density at radius 1 is 1.14 bits per heavy atom. The summed E-state index contributed by atoms with van der Waals surface area (Å²) in [6, 6.07) is -0.608. The first-order valence-corrected chi connectivity index (χ1v) is 6.91.